The smallest absolute Gasteiger partial charge is 0.305 e. The normalized spacial score (nSPS) is 9.94. The fourth-order valence-corrected chi connectivity index (χ4v) is 1.60. The van der Waals surface area contributed by atoms with Gasteiger partial charge in [-0.15, -0.1) is 0 Å². The Balaban J connectivity index is 2.33. The molecule has 0 unspecified atom stereocenters. The number of nitrogens with one attached hydrogen (secondary N) is 1. The Labute approximate surface area is 114 Å². The van der Waals surface area contributed by atoms with Gasteiger partial charge >= 0.3 is 5.97 Å². The molecule has 0 spiro atoms. The van der Waals surface area contributed by atoms with E-state index in [1.165, 1.54) is 7.11 Å². The monoisotopic (exact) mass is 317 g/mol. The largest absolute Gasteiger partial charge is 0.480 e. The number of anilines is 1. The summed E-state index contributed by atoms with van der Waals surface area (Å²) in [6.45, 7) is 2.81. The number of halogens is 1. The van der Waals surface area contributed by atoms with Crippen LogP contribution in [-0.2, 0) is 9.53 Å². The van der Waals surface area contributed by atoms with Gasteiger partial charge in [0.25, 0.3) is 0 Å². The van der Waals surface area contributed by atoms with E-state index in [9.17, 15) is 4.79 Å². The number of carbonyl (C=O) groups is 1. The van der Waals surface area contributed by atoms with Crippen LogP contribution in [0.5, 0.6) is 5.88 Å². The molecule has 0 aliphatic carbocycles. The van der Waals surface area contributed by atoms with Gasteiger partial charge in [-0.05, 0) is 29.3 Å². The first-order valence-corrected chi connectivity index (χ1v) is 6.42. The number of rotatable bonds is 7. The van der Waals surface area contributed by atoms with Crippen LogP contribution in [-0.4, -0.2) is 36.2 Å². The maximum Gasteiger partial charge on any atom is 0.305 e. The number of carbonyl (C=O) groups excluding carboxylic acids is 1. The van der Waals surface area contributed by atoms with Crippen molar-refractivity contribution in [1.29, 1.82) is 0 Å². The molecule has 0 aliphatic rings. The quantitative estimate of drug-likeness (QED) is 0.612. The Morgan fingerprint density at radius 1 is 1.56 bits per heavy atom. The molecule has 18 heavy (non-hydrogen) atoms. The van der Waals surface area contributed by atoms with Gasteiger partial charge in [-0.2, -0.15) is 4.98 Å². The zero-order valence-electron chi connectivity index (χ0n) is 10.4. The molecular formula is C11H16BrN3O3. The highest BCUT2D eigenvalue weighted by molar-refractivity contribution is 9.10. The molecule has 100 valence electrons. The molecule has 1 aromatic heterocycles. The van der Waals surface area contributed by atoms with Gasteiger partial charge in [-0.1, -0.05) is 0 Å². The molecule has 1 N–H and O–H groups in total. The highest BCUT2D eigenvalue weighted by atomic mass is 79.9. The van der Waals surface area contributed by atoms with E-state index in [-0.39, 0.29) is 5.97 Å². The average Bonchev–Trinajstić information content (AvgIpc) is 2.37. The third kappa shape index (κ3) is 4.87. The zero-order valence-corrected chi connectivity index (χ0v) is 12.0. The van der Waals surface area contributed by atoms with E-state index in [0.717, 1.165) is 0 Å². The summed E-state index contributed by atoms with van der Waals surface area (Å²) in [6, 6.07) is 0. The van der Waals surface area contributed by atoms with Crippen molar-refractivity contribution in [1.82, 2.24) is 9.97 Å². The first kappa shape index (κ1) is 14.7. The van der Waals surface area contributed by atoms with Crippen molar-refractivity contribution in [3.8, 4) is 5.88 Å². The van der Waals surface area contributed by atoms with Gasteiger partial charge in [-0.3, -0.25) is 4.79 Å². The standard InChI is InChI=1S/C11H16BrN3O3/c1-3-18-9(16)5-4-6-13-11-14-7-8(12)10(15-11)17-2/h7H,3-6H2,1-2H3,(H,13,14,15). The Morgan fingerprint density at radius 3 is 3.00 bits per heavy atom. The van der Waals surface area contributed by atoms with Crippen LogP contribution in [0, 0.1) is 0 Å². The first-order chi connectivity index (χ1) is 8.67. The van der Waals surface area contributed by atoms with E-state index in [1.807, 2.05) is 0 Å². The molecule has 0 atom stereocenters. The van der Waals surface area contributed by atoms with Crippen LogP contribution >= 0.6 is 15.9 Å². The first-order valence-electron chi connectivity index (χ1n) is 5.63. The van der Waals surface area contributed by atoms with Gasteiger partial charge in [0.2, 0.25) is 11.8 Å². The van der Waals surface area contributed by atoms with Gasteiger partial charge in [0, 0.05) is 13.0 Å². The number of aromatic nitrogens is 2. The molecule has 6 nitrogen and oxygen atoms in total. The summed E-state index contributed by atoms with van der Waals surface area (Å²) in [6.07, 6.45) is 2.66. The Kier molecular flexibility index (Phi) is 6.42. The van der Waals surface area contributed by atoms with Crippen molar-refractivity contribution >= 4 is 27.8 Å². The summed E-state index contributed by atoms with van der Waals surface area (Å²) in [4.78, 5) is 19.3. The maximum atomic E-state index is 11.1. The minimum absolute atomic E-state index is 0.186. The molecule has 1 aromatic rings. The number of esters is 1. The van der Waals surface area contributed by atoms with Crippen LogP contribution in [0.2, 0.25) is 0 Å². The van der Waals surface area contributed by atoms with E-state index in [1.54, 1.807) is 13.1 Å². The van der Waals surface area contributed by atoms with Crippen molar-refractivity contribution in [3.63, 3.8) is 0 Å². The van der Waals surface area contributed by atoms with Crippen LogP contribution in [0.15, 0.2) is 10.7 Å². The van der Waals surface area contributed by atoms with Gasteiger partial charge in [0.05, 0.1) is 24.4 Å². The van der Waals surface area contributed by atoms with E-state index >= 15 is 0 Å². The number of ether oxygens (including phenoxy) is 2. The van der Waals surface area contributed by atoms with Gasteiger partial charge in [0.1, 0.15) is 0 Å². The molecule has 0 fully saturated rings. The molecule has 0 saturated carbocycles. The Hall–Kier alpha value is -1.37. The fraction of sp³-hybridized carbons (Fsp3) is 0.545. The van der Waals surface area contributed by atoms with Crippen molar-refractivity contribution in [2.24, 2.45) is 0 Å². The third-order valence-corrected chi connectivity index (χ3v) is 2.60. The van der Waals surface area contributed by atoms with Gasteiger partial charge in [0.15, 0.2) is 0 Å². The summed E-state index contributed by atoms with van der Waals surface area (Å²) < 4.78 is 10.6. The molecule has 0 aliphatic heterocycles. The topological polar surface area (TPSA) is 73.3 Å². The van der Waals surface area contributed by atoms with Crippen molar-refractivity contribution < 1.29 is 14.3 Å². The predicted molar refractivity (Wildman–Crippen MR) is 70.6 cm³/mol. The Bertz CT molecular complexity index is 401. The zero-order chi connectivity index (χ0) is 13.4. The number of hydrogen-bond donors (Lipinski definition) is 1. The maximum absolute atomic E-state index is 11.1. The SMILES string of the molecule is CCOC(=O)CCCNc1ncc(Br)c(OC)n1. The molecule has 1 heterocycles. The Morgan fingerprint density at radius 2 is 2.33 bits per heavy atom. The molecule has 0 aromatic carbocycles. The number of hydrogen-bond acceptors (Lipinski definition) is 6. The summed E-state index contributed by atoms with van der Waals surface area (Å²) in [5.41, 5.74) is 0. The van der Waals surface area contributed by atoms with Crippen LogP contribution in [0.25, 0.3) is 0 Å². The van der Waals surface area contributed by atoms with Crippen molar-refractivity contribution in [2.45, 2.75) is 19.8 Å². The fourth-order valence-electron chi connectivity index (χ4n) is 1.25. The second-order valence-electron chi connectivity index (χ2n) is 3.39. The highest BCUT2D eigenvalue weighted by Crippen LogP contribution is 2.21. The van der Waals surface area contributed by atoms with Crippen LogP contribution in [0.3, 0.4) is 0 Å². The van der Waals surface area contributed by atoms with Crippen LogP contribution < -0.4 is 10.1 Å². The number of nitrogens with zero attached hydrogens (tertiary/aromatic N) is 2. The molecule has 0 bridgehead atoms. The highest BCUT2D eigenvalue weighted by Gasteiger charge is 2.05. The van der Waals surface area contributed by atoms with Crippen molar-refractivity contribution in [3.05, 3.63) is 10.7 Å². The lowest BCUT2D eigenvalue weighted by molar-refractivity contribution is -0.143. The molecule has 7 heteroatoms. The second kappa shape index (κ2) is 7.86. The van der Waals surface area contributed by atoms with Gasteiger partial charge < -0.3 is 14.8 Å². The summed E-state index contributed by atoms with van der Waals surface area (Å²) in [7, 11) is 1.54. The summed E-state index contributed by atoms with van der Waals surface area (Å²) in [5, 5.41) is 3.01. The predicted octanol–water partition coefficient (Wildman–Crippen LogP) is 2.00. The van der Waals surface area contributed by atoms with Gasteiger partial charge in [-0.25, -0.2) is 4.98 Å². The lowest BCUT2D eigenvalue weighted by atomic mass is 10.3. The number of methoxy groups -OCH3 is 1. The van der Waals surface area contributed by atoms with E-state index in [2.05, 4.69) is 31.2 Å². The summed E-state index contributed by atoms with van der Waals surface area (Å²) >= 11 is 3.27. The minimum Gasteiger partial charge on any atom is -0.480 e. The second-order valence-corrected chi connectivity index (χ2v) is 4.24. The van der Waals surface area contributed by atoms with E-state index in [4.69, 9.17) is 9.47 Å². The average molecular weight is 318 g/mol. The molecular weight excluding hydrogens is 302 g/mol. The summed E-state index contributed by atoms with van der Waals surface area (Å²) in [5.74, 6) is 0.755. The minimum atomic E-state index is -0.186. The molecule has 0 saturated heterocycles. The third-order valence-electron chi connectivity index (χ3n) is 2.05. The lowest BCUT2D eigenvalue weighted by Gasteiger charge is -2.07. The van der Waals surface area contributed by atoms with Crippen LogP contribution in [0.1, 0.15) is 19.8 Å². The van der Waals surface area contributed by atoms with E-state index in [0.29, 0.717) is 42.3 Å². The molecule has 0 radical (unpaired) electrons. The lowest BCUT2D eigenvalue weighted by Crippen LogP contribution is -2.10. The van der Waals surface area contributed by atoms with Crippen LogP contribution in [0.4, 0.5) is 5.95 Å². The molecule has 0 amide bonds. The molecule has 1 rings (SSSR count). The van der Waals surface area contributed by atoms with E-state index < -0.39 is 0 Å². The van der Waals surface area contributed by atoms with Crippen molar-refractivity contribution in [2.75, 3.05) is 25.6 Å².